The van der Waals surface area contributed by atoms with Crippen molar-refractivity contribution in [3.63, 3.8) is 0 Å². The Morgan fingerprint density at radius 3 is 2.90 bits per heavy atom. The van der Waals surface area contributed by atoms with Gasteiger partial charge in [-0.25, -0.2) is 4.79 Å². The van der Waals surface area contributed by atoms with E-state index in [4.69, 9.17) is 9.84 Å². The minimum Gasteiger partial charge on any atom is -0.395 e. The quantitative estimate of drug-likeness (QED) is 0.491. The summed E-state index contributed by atoms with van der Waals surface area (Å²) in [5.41, 5.74) is -0.483. The first-order valence-electron chi connectivity index (χ1n) is 6.54. The third-order valence-corrected chi connectivity index (χ3v) is 6.06. The molecule has 9 heteroatoms. The van der Waals surface area contributed by atoms with Gasteiger partial charge in [0.1, 0.15) is 6.23 Å². The zero-order valence-corrected chi connectivity index (χ0v) is 13.2. The molecular weight excluding hydrogens is 316 g/mol. The van der Waals surface area contributed by atoms with Crippen LogP contribution in [-0.4, -0.2) is 50.1 Å². The molecule has 0 bridgehead atoms. The smallest absolute Gasteiger partial charge is 0.330 e. The SMILES string of the molecule is Cc1cn([C@H]2C[C@@H](SSCCO)[C@@H](CO)O2)c(=O)[nH]c1=O. The third-order valence-electron chi connectivity index (χ3n) is 3.18. The van der Waals surface area contributed by atoms with Crippen molar-refractivity contribution in [1.82, 2.24) is 9.55 Å². The molecule has 2 heterocycles. The molecule has 1 aromatic rings. The lowest BCUT2D eigenvalue weighted by molar-refractivity contribution is -0.0238. The number of hydrogen-bond acceptors (Lipinski definition) is 7. The van der Waals surface area contributed by atoms with E-state index in [9.17, 15) is 14.7 Å². The van der Waals surface area contributed by atoms with Crippen molar-refractivity contribution in [2.24, 2.45) is 0 Å². The van der Waals surface area contributed by atoms with Gasteiger partial charge in [-0.1, -0.05) is 21.6 Å². The molecule has 3 atom stereocenters. The van der Waals surface area contributed by atoms with Crippen LogP contribution in [0.15, 0.2) is 15.8 Å². The van der Waals surface area contributed by atoms with E-state index in [1.54, 1.807) is 6.92 Å². The number of H-pyrrole nitrogens is 1. The third kappa shape index (κ3) is 3.92. The highest BCUT2D eigenvalue weighted by Gasteiger charge is 2.36. The van der Waals surface area contributed by atoms with E-state index in [1.165, 1.54) is 32.4 Å². The second-order valence-electron chi connectivity index (χ2n) is 4.71. The van der Waals surface area contributed by atoms with Crippen molar-refractivity contribution >= 4 is 21.6 Å². The lowest BCUT2D eigenvalue weighted by atomic mass is 10.2. The van der Waals surface area contributed by atoms with Gasteiger partial charge in [0.05, 0.1) is 19.3 Å². The fourth-order valence-electron chi connectivity index (χ4n) is 2.11. The molecule has 1 aliphatic rings. The number of aromatic amines is 1. The number of ether oxygens (including phenoxy) is 1. The van der Waals surface area contributed by atoms with Crippen LogP contribution < -0.4 is 11.2 Å². The summed E-state index contributed by atoms with van der Waals surface area (Å²) in [4.78, 5) is 25.5. The molecule has 1 saturated heterocycles. The van der Waals surface area contributed by atoms with E-state index < -0.39 is 17.5 Å². The number of nitrogens with zero attached hydrogens (tertiary/aromatic N) is 1. The van der Waals surface area contributed by atoms with E-state index in [0.29, 0.717) is 17.7 Å². The first-order chi connectivity index (χ1) is 10.1. The van der Waals surface area contributed by atoms with Crippen molar-refractivity contribution in [2.45, 2.75) is 30.9 Å². The summed E-state index contributed by atoms with van der Waals surface area (Å²) in [6.45, 7) is 1.58. The van der Waals surface area contributed by atoms with Crippen molar-refractivity contribution < 1.29 is 14.9 Å². The van der Waals surface area contributed by atoms with Gasteiger partial charge in [-0.3, -0.25) is 14.3 Å². The Hall–Kier alpha value is -0.740. The summed E-state index contributed by atoms with van der Waals surface area (Å²) in [5.74, 6) is 0.599. The van der Waals surface area contributed by atoms with E-state index >= 15 is 0 Å². The van der Waals surface area contributed by atoms with E-state index in [0.717, 1.165) is 0 Å². The first kappa shape index (κ1) is 16.6. The second kappa shape index (κ2) is 7.50. The molecule has 21 heavy (non-hydrogen) atoms. The molecule has 0 unspecified atom stereocenters. The van der Waals surface area contributed by atoms with Gasteiger partial charge in [-0.05, 0) is 6.92 Å². The maximum atomic E-state index is 11.9. The zero-order chi connectivity index (χ0) is 15.4. The molecule has 2 rings (SSSR count). The van der Waals surface area contributed by atoms with E-state index in [1.807, 2.05) is 0 Å². The van der Waals surface area contributed by atoms with Crippen molar-refractivity contribution in [3.05, 3.63) is 32.6 Å². The van der Waals surface area contributed by atoms with Gasteiger partial charge in [-0.2, -0.15) is 0 Å². The molecule has 118 valence electrons. The molecule has 0 aliphatic carbocycles. The van der Waals surface area contributed by atoms with Crippen LogP contribution >= 0.6 is 21.6 Å². The number of aliphatic hydroxyl groups excluding tert-OH is 2. The molecule has 1 aliphatic heterocycles. The number of rotatable bonds is 6. The highest BCUT2D eigenvalue weighted by Crippen LogP contribution is 2.40. The predicted octanol–water partition coefficient (Wildman–Crippen LogP) is -0.133. The van der Waals surface area contributed by atoms with Gasteiger partial charge in [-0.15, -0.1) is 0 Å². The van der Waals surface area contributed by atoms with Crippen molar-refractivity contribution in [2.75, 3.05) is 19.0 Å². The molecule has 0 saturated carbocycles. The average Bonchev–Trinajstić information content (AvgIpc) is 2.86. The first-order valence-corrected chi connectivity index (χ1v) is 8.92. The van der Waals surface area contributed by atoms with Crippen molar-refractivity contribution in [3.8, 4) is 0 Å². The average molecular weight is 334 g/mol. The number of nitrogens with one attached hydrogen (secondary N) is 1. The fraction of sp³-hybridized carbons (Fsp3) is 0.667. The normalized spacial score (nSPS) is 25.4. The summed E-state index contributed by atoms with van der Waals surface area (Å²) < 4.78 is 7.07. The second-order valence-corrected chi connectivity index (χ2v) is 7.43. The molecule has 3 N–H and O–H groups in total. The van der Waals surface area contributed by atoms with E-state index in [2.05, 4.69) is 4.98 Å². The Kier molecular flexibility index (Phi) is 5.94. The van der Waals surface area contributed by atoms with Crippen LogP contribution in [-0.2, 0) is 4.74 Å². The monoisotopic (exact) mass is 334 g/mol. The zero-order valence-electron chi connectivity index (χ0n) is 11.5. The Balaban J connectivity index is 2.13. The summed E-state index contributed by atoms with van der Waals surface area (Å²) in [7, 11) is 3.04. The minimum atomic E-state index is -0.513. The molecule has 1 fully saturated rings. The van der Waals surface area contributed by atoms with E-state index in [-0.39, 0.29) is 24.6 Å². The summed E-state index contributed by atoms with van der Waals surface area (Å²) >= 11 is 0. The lowest BCUT2D eigenvalue weighted by Crippen LogP contribution is -2.33. The number of aryl methyl sites for hydroxylation is 1. The van der Waals surface area contributed by atoms with Crippen LogP contribution in [0.2, 0.25) is 0 Å². The summed E-state index contributed by atoms with van der Waals surface area (Å²) in [5, 5.41) is 18.2. The van der Waals surface area contributed by atoms with Crippen LogP contribution in [0.25, 0.3) is 0 Å². The van der Waals surface area contributed by atoms with Crippen LogP contribution in [0.1, 0.15) is 18.2 Å². The van der Waals surface area contributed by atoms with Gasteiger partial charge in [0.2, 0.25) is 0 Å². The largest absolute Gasteiger partial charge is 0.395 e. The highest BCUT2D eigenvalue weighted by molar-refractivity contribution is 8.77. The molecule has 7 nitrogen and oxygen atoms in total. The highest BCUT2D eigenvalue weighted by atomic mass is 33.1. The van der Waals surface area contributed by atoms with Gasteiger partial charge >= 0.3 is 5.69 Å². The van der Waals surface area contributed by atoms with Gasteiger partial charge in [0.25, 0.3) is 5.56 Å². The molecule has 0 amide bonds. The molecular formula is C12H18N2O5S2. The van der Waals surface area contributed by atoms with Crippen molar-refractivity contribution in [1.29, 1.82) is 0 Å². The Morgan fingerprint density at radius 2 is 2.24 bits per heavy atom. The lowest BCUT2D eigenvalue weighted by Gasteiger charge is -2.15. The van der Waals surface area contributed by atoms with Gasteiger partial charge in [0, 0.05) is 29.2 Å². The van der Waals surface area contributed by atoms with Gasteiger partial charge in [0.15, 0.2) is 0 Å². The van der Waals surface area contributed by atoms with Crippen LogP contribution in [0, 0.1) is 6.92 Å². The molecule has 1 aromatic heterocycles. The maximum absolute atomic E-state index is 11.9. The molecule has 0 radical (unpaired) electrons. The maximum Gasteiger partial charge on any atom is 0.330 e. The van der Waals surface area contributed by atoms with Crippen LogP contribution in [0.3, 0.4) is 0 Å². The van der Waals surface area contributed by atoms with Gasteiger partial charge < -0.3 is 14.9 Å². The standard InChI is InChI=1S/C12H18N2O5S2/c1-7-5-14(12(18)13-11(7)17)10-4-9(8(6-16)19-10)21-20-3-2-15/h5,8-10,15-16H,2-4,6H2,1H3,(H,13,17,18)/t8-,9-,10-/m1/s1. The van der Waals surface area contributed by atoms with Crippen LogP contribution in [0.4, 0.5) is 0 Å². The Morgan fingerprint density at radius 1 is 1.48 bits per heavy atom. The number of aliphatic hydroxyl groups is 2. The van der Waals surface area contributed by atoms with Crippen LogP contribution in [0.5, 0.6) is 0 Å². The molecule has 0 aromatic carbocycles. The number of aromatic nitrogens is 2. The topological polar surface area (TPSA) is 105 Å². The Labute approximate surface area is 129 Å². The summed E-state index contributed by atoms with van der Waals surface area (Å²) in [6.07, 6.45) is 1.16. The Bertz CT molecular complexity index is 588. The number of hydrogen-bond donors (Lipinski definition) is 3. The minimum absolute atomic E-state index is 0.0238. The fourth-order valence-corrected chi connectivity index (χ4v) is 4.62. The molecule has 0 spiro atoms. The summed E-state index contributed by atoms with van der Waals surface area (Å²) in [6, 6.07) is 0. The predicted molar refractivity (Wildman–Crippen MR) is 82.6 cm³/mol.